The van der Waals surface area contributed by atoms with Crippen LogP contribution in [-0.4, -0.2) is 73.5 Å². The minimum absolute atomic E-state index is 0.0610. The number of ether oxygens (including phenoxy) is 1. The summed E-state index contributed by atoms with van der Waals surface area (Å²) in [7, 11) is 4.01. The summed E-state index contributed by atoms with van der Waals surface area (Å²) in [6.07, 6.45) is 1.81. The van der Waals surface area contributed by atoms with Crippen LogP contribution in [0.5, 0.6) is 0 Å². The molecular weight excluding hydrogens is 337 g/mol. The third kappa shape index (κ3) is 4.00. The Hall–Kier alpha value is -1.70. The van der Waals surface area contributed by atoms with Crippen LogP contribution in [0.3, 0.4) is 0 Å². The van der Waals surface area contributed by atoms with Gasteiger partial charge in [-0.3, -0.25) is 0 Å². The van der Waals surface area contributed by atoms with Crippen LogP contribution in [0, 0.1) is 11.2 Å². The number of amides is 2. The van der Waals surface area contributed by atoms with Gasteiger partial charge in [0.2, 0.25) is 0 Å². The molecule has 2 amide bonds. The Morgan fingerprint density at radius 2 is 2.15 bits per heavy atom. The molecule has 1 saturated heterocycles. The summed E-state index contributed by atoms with van der Waals surface area (Å²) in [6, 6.07) is 5.64. The topological polar surface area (TPSA) is 65.0 Å². The molecule has 0 radical (unpaired) electrons. The highest BCUT2D eigenvalue weighted by Crippen LogP contribution is 2.50. The largest absolute Gasteiger partial charge is 0.392 e. The van der Waals surface area contributed by atoms with E-state index in [1.54, 1.807) is 17.0 Å². The molecule has 1 saturated carbocycles. The van der Waals surface area contributed by atoms with Gasteiger partial charge in [-0.2, -0.15) is 0 Å². The van der Waals surface area contributed by atoms with Gasteiger partial charge in [0.25, 0.3) is 0 Å². The summed E-state index contributed by atoms with van der Waals surface area (Å²) in [5.74, 6) is -0.379. The van der Waals surface area contributed by atoms with Crippen molar-refractivity contribution in [3.63, 3.8) is 0 Å². The number of nitrogens with zero attached hydrogens (tertiary/aromatic N) is 2. The Kier molecular flexibility index (Phi) is 5.79. The lowest BCUT2D eigenvalue weighted by molar-refractivity contribution is -0.209. The van der Waals surface area contributed by atoms with Gasteiger partial charge < -0.3 is 25.0 Å². The lowest BCUT2D eigenvalue weighted by Crippen LogP contribution is -2.63. The Labute approximate surface area is 153 Å². The third-order valence-corrected chi connectivity index (χ3v) is 5.66. The lowest BCUT2D eigenvalue weighted by atomic mass is 9.58. The Morgan fingerprint density at radius 1 is 1.42 bits per heavy atom. The Bertz CT molecular complexity index is 632. The number of hydrogen-bond donors (Lipinski definition) is 2. The Balaban J connectivity index is 1.52. The van der Waals surface area contributed by atoms with Crippen molar-refractivity contribution < 1.29 is 19.0 Å². The van der Waals surface area contributed by atoms with Crippen LogP contribution in [0.1, 0.15) is 19.3 Å². The maximum Gasteiger partial charge on any atom is 0.321 e. The fourth-order valence-electron chi connectivity index (χ4n) is 3.89. The normalized spacial score (nSPS) is 24.6. The first-order valence-corrected chi connectivity index (χ1v) is 9.16. The van der Waals surface area contributed by atoms with Crippen molar-refractivity contribution in [2.75, 3.05) is 45.7 Å². The van der Waals surface area contributed by atoms with E-state index in [9.17, 15) is 14.3 Å². The fourth-order valence-corrected chi connectivity index (χ4v) is 3.89. The molecule has 2 aliphatic rings. The van der Waals surface area contributed by atoms with Crippen molar-refractivity contribution >= 4 is 11.7 Å². The fraction of sp³-hybridized carbons (Fsp3) is 0.632. The molecule has 7 heteroatoms. The standard InChI is InChI=1S/C19H28FN3O3/c1-22(2)10-11-26-17-13-16(24)19(17)6-8-23(9-7-19)18(25)21-15-5-3-4-14(20)12-15/h3-5,12,16-17,24H,6-11,13H2,1-2H3,(H,21,25)/t16-,17+/m0/s1. The van der Waals surface area contributed by atoms with Gasteiger partial charge in [-0.1, -0.05) is 6.07 Å². The number of aliphatic hydroxyl groups excluding tert-OH is 1. The van der Waals surface area contributed by atoms with Gasteiger partial charge in [0, 0.05) is 37.2 Å². The number of likely N-dealkylation sites (N-methyl/N-ethyl adjacent to an activating group) is 1. The number of hydrogen-bond acceptors (Lipinski definition) is 4. The minimum Gasteiger partial charge on any atom is -0.392 e. The summed E-state index contributed by atoms with van der Waals surface area (Å²) in [5, 5.41) is 13.1. The van der Waals surface area contributed by atoms with E-state index in [4.69, 9.17) is 4.74 Å². The second-order valence-electron chi connectivity index (χ2n) is 7.57. The number of aliphatic hydroxyl groups is 1. The van der Waals surface area contributed by atoms with E-state index in [1.807, 2.05) is 14.1 Å². The summed E-state index contributed by atoms with van der Waals surface area (Å²) in [6.45, 7) is 2.62. The Morgan fingerprint density at radius 3 is 2.77 bits per heavy atom. The van der Waals surface area contributed by atoms with E-state index in [0.29, 0.717) is 31.8 Å². The highest BCUT2D eigenvalue weighted by atomic mass is 19.1. The summed E-state index contributed by atoms with van der Waals surface area (Å²) < 4.78 is 19.2. The van der Waals surface area contributed by atoms with Gasteiger partial charge in [0.05, 0.1) is 18.8 Å². The first-order valence-electron chi connectivity index (χ1n) is 9.16. The van der Waals surface area contributed by atoms with Crippen molar-refractivity contribution in [1.29, 1.82) is 0 Å². The highest BCUT2D eigenvalue weighted by Gasteiger charge is 2.56. The SMILES string of the molecule is CN(C)CCO[C@@H]1C[C@H](O)C12CCN(C(=O)Nc1cccc(F)c1)CC2. The number of carbonyl (C=O) groups is 1. The van der Waals surface area contributed by atoms with Crippen LogP contribution in [0.15, 0.2) is 24.3 Å². The zero-order valence-electron chi connectivity index (χ0n) is 15.4. The molecule has 2 N–H and O–H groups in total. The molecule has 3 rings (SSSR count). The molecule has 1 heterocycles. The van der Waals surface area contributed by atoms with Crippen molar-refractivity contribution in [3.8, 4) is 0 Å². The maximum atomic E-state index is 13.2. The molecule has 1 spiro atoms. The van der Waals surface area contributed by atoms with Crippen molar-refractivity contribution in [2.24, 2.45) is 5.41 Å². The summed E-state index contributed by atoms with van der Waals surface area (Å²) in [4.78, 5) is 16.2. The minimum atomic E-state index is -0.379. The number of urea groups is 1. The molecule has 0 unspecified atom stereocenters. The van der Waals surface area contributed by atoms with Gasteiger partial charge in [0.15, 0.2) is 0 Å². The van der Waals surface area contributed by atoms with Crippen molar-refractivity contribution in [1.82, 2.24) is 9.80 Å². The molecule has 2 atom stereocenters. The van der Waals surface area contributed by atoms with Gasteiger partial charge in [-0.15, -0.1) is 0 Å². The molecule has 2 fully saturated rings. The van der Waals surface area contributed by atoms with E-state index >= 15 is 0 Å². The molecule has 1 aliphatic heterocycles. The number of rotatable bonds is 5. The van der Waals surface area contributed by atoms with Crippen molar-refractivity contribution in [2.45, 2.75) is 31.5 Å². The average Bonchev–Trinajstić information content (AvgIpc) is 2.61. The zero-order chi connectivity index (χ0) is 18.7. The first-order chi connectivity index (χ1) is 12.4. The molecule has 1 aromatic rings. The molecule has 1 aromatic carbocycles. The number of likely N-dealkylation sites (tertiary alicyclic amines) is 1. The lowest BCUT2D eigenvalue weighted by Gasteiger charge is -2.56. The van der Waals surface area contributed by atoms with E-state index in [2.05, 4.69) is 10.2 Å². The van der Waals surface area contributed by atoms with Crippen molar-refractivity contribution in [3.05, 3.63) is 30.1 Å². The molecule has 1 aliphatic carbocycles. The number of halogens is 1. The van der Waals surface area contributed by atoms with E-state index < -0.39 is 0 Å². The highest BCUT2D eigenvalue weighted by molar-refractivity contribution is 5.89. The van der Waals surface area contributed by atoms with E-state index in [-0.39, 0.29) is 29.5 Å². The monoisotopic (exact) mass is 365 g/mol. The maximum absolute atomic E-state index is 13.2. The quantitative estimate of drug-likeness (QED) is 0.839. The number of carbonyl (C=O) groups excluding carboxylic acids is 1. The van der Waals surface area contributed by atoms with Crippen LogP contribution in [-0.2, 0) is 4.74 Å². The predicted molar refractivity (Wildman–Crippen MR) is 97.6 cm³/mol. The van der Waals surface area contributed by atoms with Gasteiger partial charge in [-0.05, 0) is 45.1 Å². The second kappa shape index (κ2) is 7.90. The molecule has 0 aromatic heterocycles. The zero-order valence-corrected chi connectivity index (χ0v) is 15.4. The number of benzene rings is 1. The number of piperidine rings is 1. The van der Waals surface area contributed by atoms with E-state index in [0.717, 1.165) is 19.4 Å². The van der Waals surface area contributed by atoms with Gasteiger partial charge in [-0.25, -0.2) is 9.18 Å². The molecular formula is C19H28FN3O3. The molecule has 26 heavy (non-hydrogen) atoms. The van der Waals surface area contributed by atoms with Crippen LogP contribution < -0.4 is 5.32 Å². The molecule has 0 bridgehead atoms. The number of nitrogens with one attached hydrogen (secondary N) is 1. The van der Waals surface area contributed by atoms with Crippen LogP contribution in [0.4, 0.5) is 14.9 Å². The smallest absolute Gasteiger partial charge is 0.321 e. The van der Waals surface area contributed by atoms with E-state index in [1.165, 1.54) is 12.1 Å². The van der Waals surface area contributed by atoms with Crippen LogP contribution in [0.2, 0.25) is 0 Å². The third-order valence-electron chi connectivity index (χ3n) is 5.66. The van der Waals surface area contributed by atoms with Crippen LogP contribution in [0.25, 0.3) is 0 Å². The second-order valence-corrected chi connectivity index (χ2v) is 7.57. The van der Waals surface area contributed by atoms with Gasteiger partial charge >= 0.3 is 6.03 Å². The van der Waals surface area contributed by atoms with Gasteiger partial charge in [0.1, 0.15) is 5.82 Å². The average molecular weight is 365 g/mol. The summed E-state index contributed by atoms with van der Waals surface area (Å²) >= 11 is 0. The van der Waals surface area contributed by atoms with Crippen LogP contribution >= 0.6 is 0 Å². The molecule has 6 nitrogen and oxygen atoms in total. The number of anilines is 1. The summed E-state index contributed by atoms with van der Waals surface area (Å²) in [5.41, 5.74) is 0.214. The molecule has 144 valence electrons. The first kappa shape index (κ1) is 19.1. The predicted octanol–water partition coefficient (Wildman–Crippen LogP) is 2.15.